The van der Waals surface area contributed by atoms with Gasteiger partial charge in [0.05, 0.1) is 18.2 Å². The van der Waals surface area contributed by atoms with Gasteiger partial charge in [-0.25, -0.2) is 4.79 Å². The summed E-state index contributed by atoms with van der Waals surface area (Å²) >= 11 is 0. The molecule has 0 N–H and O–H groups in total. The molecular weight excluding hydrogens is 542 g/mol. The Bertz CT molecular complexity index is 1220. The molecule has 0 aromatic heterocycles. The van der Waals surface area contributed by atoms with E-state index < -0.39 is 5.60 Å². The van der Waals surface area contributed by atoms with Crippen LogP contribution < -0.4 is 9.47 Å². The minimum Gasteiger partial charge on any atom is -0.486 e. The summed E-state index contributed by atoms with van der Waals surface area (Å²) in [5.74, 6) is 2.52. The highest BCUT2D eigenvalue weighted by Gasteiger charge is 2.45. The molecule has 2 heterocycles. The van der Waals surface area contributed by atoms with Gasteiger partial charge >= 0.3 is 6.09 Å². The van der Waals surface area contributed by atoms with Crippen molar-refractivity contribution in [3.05, 3.63) is 59.7 Å². The van der Waals surface area contributed by atoms with Gasteiger partial charge in [-0.2, -0.15) is 5.26 Å². The normalized spacial score (nSPS) is 24.5. The maximum atomic E-state index is 12.8. The van der Waals surface area contributed by atoms with Crippen LogP contribution >= 0.6 is 0 Å². The van der Waals surface area contributed by atoms with Crippen molar-refractivity contribution in [3.8, 4) is 17.6 Å². The van der Waals surface area contributed by atoms with Crippen molar-refractivity contribution in [2.45, 2.75) is 89.8 Å². The zero-order valence-electron chi connectivity index (χ0n) is 26.2. The number of hydrogen-bond donors (Lipinski definition) is 0. The van der Waals surface area contributed by atoms with Gasteiger partial charge in [0.25, 0.3) is 0 Å². The summed E-state index contributed by atoms with van der Waals surface area (Å²) in [6.45, 7) is 9.50. The Morgan fingerprint density at radius 2 is 1.70 bits per heavy atom. The molecule has 43 heavy (non-hydrogen) atoms. The van der Waals surface area contributed by atoms with Crippen molar-refractivity contribution in [2.75, 3.05) is 33.3 Å². The van der Waals surface area contributed by atoms with Crippen LogP contribution in [0.1, 0.15) is 82.9 Å². The fourth-order valence-corrected chi connectivity index (χ4v) is 6.84. The van der Waals surface area contributed by atoms with Gasteiger partial charge in [-0.1, -0.05) is 12.1 Å². The Hall–Kier alpha value is -3.28. The molecular formula is C35H47N3O5. The van der Waals surface area contributed by atoms with Crippen molar-refractivity contribution in [3.63, 3.8) is 0 Å². The Morgan fingerprint density at radius 3 is 2.30 bits per heavy atom. The fourth-order valence-electron chi connectivity index (χ4n) is 6.84. The van der Waals surface area contributed by atoms with Gasteiger partial charge in [0, 0.05) is 32.6 Å². The molecule has 2 aromatic rings. The molecule has 232 valence electrons. The number of fused-ring (bicyclic) bond motifs is 2. The van der Waals surface area contributed by atoms with Gasteiger partial charge in [0.2, 0.25) is 0 Å². The standard InChI is InChI=1S/C35H47N3O5/c1-35(2,3)43-34(39)37(4)33-27-14-15-28(33)24-38(23-27)20-7-8-31(26-12-10-25(22-36)11-13-26)41-29-16-18-30(19-17-29)42-32-9-5-6-21-40-32/h10-13,16-19,27-28,31-33H,5-9,14-15,20-21,23-24H2,1-4H3. The van der Waals surface area contributed by atoms with E-state index in [1.54, 1.807) is 0 Å². The Kier molecular flexibility index (Phi) is 10.1. The molecule has 1 aliphatic carbocycles. The lowest BCUT2D eigenvalue weighted by Gasteiger charge is -2.42. The summed E-state index contributed by atoms with van der Waals surface area (Å²) in [5, 5.41) is 9.28. The first-order chi connectivity index (χ1) is 20.7. The number of nitrogens with zero attached hydrogens (tertiary/aromatic N) is 3. The average Bonchev–Trinajstić information content (AvgIpc) is 3.26. The number of rotatable bonds is 10. The summed E-state index contributed by atoms with van der Waals surface area (Å²) in [6.07, 6.45) is 6.76. The molecule has 3 fully saturated rings. The van der Waals surface area contributed by atoms with Crippen molar-refractivity contribution in [1.82, 2.24) is 9.80 Å². The lowest BCUT2D eigenvalue weighted by molar-refractivity contribution is -0.105. The minimum absolute atomic E-state index is 0.131. The lowest BCUT2D eigenvalue weighted by Crippen LogP contribution is -2.54. The van der Waals surface area contributed by atoms with Crippen molar-refractivity contribution in [1.29, 1.82) is 5.26 Å². The number of hydrogen-bond acceptors (Lipinski definition) is 7. The smallest absolute Gasteiger partial charge is 0.410 e. The molecule has 5 rings (SSSR count). The zero-order chi connectivity index (χ0) is 30.4. The van der Waals surface area contributed by atoms with Crippen LogP contribution in [0, 0.1) is 23.2 Å². The molecule has 0 radical (unpaired) electrons. The van der Waals surface area contributed by atoms with E-state index in [1.165, 1.54) is 0 Å². The monoisotopic (exact) mass is 589 g/mol. The number of likely N-dealkylation sites (tertiary alicyclic amines) is 1. The SMILES string of the molecule is CN(C(=O)OC(C)(C)C)C1C2CCC1CN(CCCC(Oc1ccc(OC3CCCCO3)cc1)c1ccc(C#N)cc1)C2. The summed E-state index contributed by atoms with van der Waals surface area (Å²) in [6, 6.07) is 18.0. The molecule has 2 aromatic carbocycles. The number of nitriles is 1. The second-order valence-corrected chi connectivity index (χ2v) is 13.3. The highest BCUT2D eigenvalue weighted by Crippen LogP contribution is 2.40. The maximum absolute atomic E-state index is 12.8. The Balaban J connectivity index is 1.17. The summed E-state index contributed by atoms with van der Waals surface area (Å²) in [5.41, 5.74) is 1.22. The maximum Gasteiger partial charge on any atom is 0.410 e. The first-order valence-electron chi connectivity index (χ1n) is 15.9. The van der Waals surface area contributed by atoms with Crippen LogP contribution in [0.3, 0.4) is 0 Å². The second kappa shape index (κ2) is 14.0. The molecule has 2 aliphatic heterocycles. The van der Waals surface area contributed by atoms with Gasteiger partial charge in [-0.3, -0.25) is 0 Å². The van der Waals surface area contributed by atoms with Crippen molar-refractivity contribution in [2.24, 2.45) is 11.8 Å². The molecule has 1 saturated carbocycles. The fraction of sp³-hybridized carbons (Fsp3) is 0.600. The van der Waals surface area contributed by atoms with Gasteiger partial charge in [-0.05, 0) is 120 Å². The first-order valence-corrected chi connectivity index (χ1v) is 15.9. The van der Waals surface area contributed by atoms with E-state index in [-0.39, 0.29) is 24.5 Å². The number of benzene rings is 2. The molecule has 8 heteroatoms. The third-order valence-corrected chi connectivity index (χ3v) is 8.85. The van der Waals surface area contributed by atoms with Crippen LogP contribution in [0.15, 0.2) is 48.5 Å². The van der Waals surface area contributed by atoms with E-state index in [1.807, 2.05) is 81.2 Å². The average molecular weight is 590 g/mol. The molecule has 2 bridgehead atoms. The predicted molar refractivity (Wildman–Crippen MR) is 165 cm³/mol. The number of amides is 1. The van der Waals surface area contributed by atoms with E-state index >= 15 is 0 Å². The van der Waals surface area contributed by atoms with Gasteiger partial charge < -0.3 is 28.7 Å². The van der Waals surface area contributed by atoms with Crippen molar-refractivity contribution < 1.29 is 23.7 Å². The molecule has 4 unspecified atom stereocenters. The third kappa shape index (κ3) is 8.43. The summed E-state index contributed by atoms with van der Waals surface area (Å²) in [7, 11) is 1.90. The third-order valence-electron chi connectivity index (χ3n) is 8.85. The zero-order valence-corrected chi connectivity index (χ0v) is 26.2. The Morgan fingerprint density at radius 1 is 1.02 bits per heavy atom. The molecule has 2 saturated heterocycles. The van der Waals surface area contributed by atoms with Crippen LogP contribution in [-0.2, 0) is 9.47 Å². The minimum atomic E-state index is -0.488. The molecule has 8 nitrogen and oxygen atoms in total. The van der Waals surface area contributed by atoms with Gasteiger partial charge in [-0.15, -0.1) is 0 Å². The van der Waals surface area contributed by atoms with E-state index in [2.05, 4.69) is 11.0 Å². The number of ether oxygens (including phenoxy) is 4. The molecule has 3 aliphatic rings. The number of carbonyl (C=O) groups excluding carboxylic acids is 1. The van der Waals surface area contributed by atoms with E-state index in [4.69, 9.17) is 18.9 Å². The molecule has 4 atom stereocenters. The molecule has 0 spiro atoms. The van der Waals surface area contributed by atoms with Crippen LogP contribution in [0.4, 0.5) is 4.79 Å². The highest BCUT2D eigenvalue weighted by molar-refractivity contribution is 5.68. The first kappa shape index (κ1) is 31.2. The largest absolute Gasteiger partial charge is 0.486 e. The van der Waals surface area contributed by atoms with E-state index in [9.17, 15) is 10.1 Å². The highest BCUT2D eigenvalue weighted by atomic mass is 16.7. The van der Waals surface area contributed by atoms with Crippen LogP contribution in [0.5, 0.6) is 11.5 Å². The number of piperidine rings is 1. The quantitative estimate of drug-likeness (QED) is 0.297. The van der Waals surface area contributed by atoms with Crippen LogP contribution in [0.2, 0.25) is 0 Å². The van der Waals surface area contributed by atoms with Gasteiger partial charge in [0.15, 0.2) is 6.29 Å². The van der Waals surface area contributed by atoms with Gasteiger partial charge in [0.1, 0.15) is 23.2 Å². The van der Waals surface area contributed by atoms with Crippen LogP contribution in [-0.4, -0.2) is 67.1 Å². The Labute approximate surface area is 256 Å². The van der Waals surface area contributed by atoms with Crippen LogP contribution in [0.25, 0.3) is 0 Å². The summed E-state index contributed by atoms with van der Waals surface area (Å²) < 4.78 is 23.9. The lowest BCUT2D eigenvalue weighted by atomic mass is 9.91. The number of carbonyl (C=O) groups is 1. The molecule has 1 amide bonds. The predicted octanol–water partition coefficient (Wildman–Crippen LogP) is 6.94. The van der Waals surface area contributed by atoms with Crippen molar-refractivity contribution >= 4 is 6.09 Å². The second-order valence-electron chi connectivity index (χ2n) is 13.3. The van der Waals surface area contributed by atoms with E-state index in [0.29, 0.717) is 17.4 Å². The summed E-state index contributed by atoms with van der Waals surface area (Å²) in [4.78, 5) is 17.2. The topological polar surface area (TPSA) is 84.3 Å². The van der Waals surface area contributed by atoms with E-state index in [0.717, 1.165) is 88.2 Å².